The molecule has 4 nitrogen and oxygen atoms in total. The molecule has 2 N–H and O–H groups in total. The van der Waals surface area contributed by atoms with E-state index in [0.717, 1.165) is 0 Å². The summed E-state index contributed by atoms with van der Waals surface area (Å²) in [5.74, 6) is 0.0648. The topological polar surface area (TPSA) is 55.6 Å². The Morgan fingerprint density at radius 1 is 1.43 bits per heavy atom. The molecule has 1 aromatic heterocycles. The van der Waals surface area contributed by atoms with Crippen LogP contribution in [0, 0.1) is 0 Å². The molecule has 5 heteroatoms. The van der Waals surface area contributed by atoms with Crippen molar-refractivity contribution in [1.29, 1.82) is 0 Å². The van der Waals surface area contributed by atoms with Crippen LogP contribution in [0.25, 0.3) is 0 Å². The fourth-order valence-corrected chi connectivity index (χ4v) is 2.13. The van der Waals surface area contributed by atoms with Crippen LogP contribution in [-0.4, -0.2) is 37.1 Å². The van der Waals surface area contributed by atoms with Gasteiger partial charge in [0.15, 0.2) is 0 Å². The number of carbonyl (C=O) groups is 1. The number of morpholine rings is 1. The van der Waals surface area contributed by atoms with E-state index >= 15 is 0 Å². The zero-order valence-corrected chi connectivity index (χ0v) is 8.55. The maximum absolute atomic E-state index is 11.8. The number of carbonyl (C=O) groups excluding carboxylic acids is 1. The lowest BCUT2D eigenvalue weighted by molar-refractivity contribution is 0.0306. The molecule has 2 heterocycles. The smallest absolute Gasteiger partial charge is 0.264 e. The molecule has 1 saturated heterocycles. The van der Waals surface area contributed by atoms with E-state index in [0.29, 0.717) is 36.2 Å². The second-order valence-electron chi connectivity index (χ2n) is 3.11. The van der Waals surface area contributed by atoms with Gasteiger partial charge in [-0.05, 0) is 12.1 Å². The van der Waals surface area contributed by atoms with Gasteiger partial charge in [-0.3, -0.25) is 4.79 Å². The van der Waals surface area contributed by atoms with Crippen LogP contribution >= 0.6 is 11.3 Å². The highest BCUT2D eigenvalue weighted by molar-refractivity contribution is 7.17. The largest absolute Gasteiger partial charge is 0.391 e. The maximum Gasteiger partial charge on any atom is 0.264 e. The van der Waals surface area contributed by atoms with E-state index < -0.39 is 0 Å². The van der Waals surface area contributed by atoms with Crippen molar-refractivity contribution in [3.8, 4) is 0 Å². The van der Waals surface area contributed by atoms with Crippen LogP contribution in [-0.2, 0) is 4.74 Å². The highest BCUT2D eigenvalue weighted by atomic mass is 32.1. The molecule has 0 aromatic carbocycles. The van der Waals surface area contributed by atoms with E-state index in [1.807, 2.05) is 0 Å². The van der Waals surface area contributed by atoms with Crippen LogP contribution in [0.15, 0.2) is 12.1 Å². The van der Waals surface area contributed by atoms with Gasteiger partial charge in [-0.25, -0.2) is 0 Å². The lowest BCUT2D eigenvalue weighted by Gasteiger charge is -2.26. The highest BCUT2D eigenvalue weighted by Crippen LogP contribution is 2.20. The third-order valence-corrected chi connectivity index (χ3v) is 3.04. The number of amides is 1. The Labute approximate surface area is 86.3 Å². The van der Waals surface area contributed by atoms with E-state index in [-0.39, 0.29) is 5.91 Å². The normalized spacial score (nSPS) is 17.0. The molecule has 1 aliphatic heterocycles. The Bertz CT molecular complexity index is 331. The second kappa shape index (κ2) is 3.98. The van der Waals surface area contributed by atoms with Crippen LogP contribution < -0.4 is 5.73 Å². The monoisotopic (exact) mass is 212 g/mol. The minimum atomic E-state index is 0.0648. The standard InChI is InChI=1S/C9H12N2O2S/c10-8-2-1-7(14-8)9(12)11-3-5-13-6-4-11/h1-2H,3-6,10H2. The Morgan fingerprint density at radius 3 is 2.71 bits per heavy atom. The average molecular weight is 212 g/mol. The molecule has 0 aliphatic carbocycles. The number of anilines is 1. The predicted molar refractivity (Wildman–Crippen MR) is 55.5 cm³/mol. The Morgan fingerprint density at radius 2 is 2.14 bits per heavy atom. The number of hydrogen-bond acceptors (Lipinski definition) is 4. The van der Waals surface area contributed by atoms with Gasteiger partial charge in [0.2, 0.25) is 0 Å². The first-order valence-corrected chi connectivity index (χ1v) is 5.31. The van der Waals surface area contributed by atoms with Crippen molar-refractivity contribution in [3.63, 3.8) is 0 Å². The molecule has 0 unspecified atom stereocenters. The molecule has 1 aromatic rings. The van der Waals surface area contributed by atoms with Gasteiger partial charge in [0.1, 0.15) is 0 Å². The van der Waals surface area contributed by atoms with Crippen molar-refractivity contribution in [1.82, 2.24) is 4.90 Å². The van der Waals surface area contributed by atoms with E-state index in [2.05, 4.69) is 0 Å². The van der Waals surface area contributed by atoms with Gasteiger partial charge in [-0.15, -0.1) is 11.3 Å². The highest BCUT2D eigenvalue weighted by Gasteiger charge is 2.19. The Kier molecular flexibility index (Phi) is 2.69. The molecule has 2 rings (SSSR count). The molecule has 1 aliphatic rings. The maximum atomic E-state index is 11.8. The minimum absolute atomic E-state index is 0.0648. The van der Waals surface area contributed by atoms with Gasteiger partial charge < -0.3 is 15.4 Å². The molecule has 0 saturated carbocycles. The molecule has 1 amide bonds. The van der Waals surface area contributed by atoms with Crippen molar-refractivity contribution in [2.45, 2.75) is 0 Å². The van der Waals surface area contributed by atoms with Crippen LogP contribution in [0.2, 0.25) is 0 Å². The van der Waals surface area contributed by atoms with Gasteiger partial charge in [0.25, 0.3) is 5.91 Å². The zero-order chi connectivity index (χ0) is 9.97. The summed E-state index contributed by atoms with van der Waals surface area (Å²) in [6, 6.07) is 3.54. The van der Waals surface area contributed by atoms with Crippen molar-refractivity contribution < 1.29 is 9.53 Å². The number of ether oxygens (including phenoxy) is 1. The van der Waals surface area contributed by atoms with Gasteiger partial charge in [0, 0.05) is 13.1 Å². The summed E-state index contributed by atoms with van der Waals surface area (Å²) in [7, 11) is 0. The molecule has 1 fully saturated rings. The average Bonchev–Trinajstić information content (AvgIpc) is 2.65. The first-order valence-electron chi connectivity index (χ1n) is 4.50. The number of thiophene rings is 1. The van der Waals surface area contributed by atoms with Crippen molar-refractivity contribution >= 4 is 22.2 Å². The van der Waals surface area contributed by atoms with Gasteiger partial charge in [-0.2, -0.15) is 0 Å². The van der Waals surface area contributed by atoms with E-state index in [4.69, 9.17) is 10.5 Å². The van der Waals surface area contributed by atoms with Crippen molar-refractivity contribution in [3.05, 3.63) is 17.0 Å². The van der Waals surface area contributed by atoms with Gasteiger partial charge in [0.05, 0.1) is 23.1 Å². The second-order valence-corrected chi connectivity index (χ2v) is 4.22. The quantitative estimate of drug-likeness (QED) is 0.749. The number of rotatable bonds is 1. The van der Waals surface area contributed by atoms with Crippen LogP contribution in [0.4, 0.5) is 5.00 Å². The first-order chi connectivity index (χ1) is 6.77. The minimum Gasteiger partial charge on any atom is -0.391 e. The fraction of sp³-hybridized carbons (Fsp3) is 0.444. The summed E-state index contributed by atoms with van der Waals surface area (Å²) in [4.78, 5) is 14.4. The summed E-state index contributed by atoms with van der Waals surface area (Å²) < 4.78 is 5.18. The molecule has 0 bridgehead atoms. The number of nitrogens with zero attached hydrogens (tertiary/aromatic N) is 1. The summed E-state index contributed by atoms with van der Waals surface area (Å²) in [5, 5.41) is 0.682. The molecule has 14 heavy (non-hydrogen) atoms. The zero-order valence-electron chi connectivity index (χ0n) is 7.73. The lowest BCUT2D eigenvalue weighted by Crippen LogP contribution is -2.40. The summed E-state index contributed by atoms with van der Waals surface area (Å²) >= 11 is 1.34. The SMILES string of the molecule is Nc1ccc(C(=O)N2CCOCC2)s1. The Hall–Kier alpha value is -1.07. The molecule has 76 valence electrons. The third kappa shape index (κ3) is 1.88. The number of nitrogen functional groups attached to an aromatic ring is 1. The fourth-order valence-electron chi connectivity index (χ4n) is 1.39. The van der Waals surface area contributed by atoms with Crippen LogP contribution in [0.5, 0.6) is 0 Å². The van der Waals surface area contributed by atoms with Gasteiger partial charge in [-0.1, -0.05) is 0 Å². The van der Waals surface area contributed by atoms with Crippen LogP contribution in [0.1, 0.15) is 9.67 Å². The lowest BCUT2D eigenvalue weighted by atomic mass is 10.3. The van der Waals surface area contributed by atoms with E-state index in [1.54, 1.807) is 17.0 Å². The molecular weight excluding hydrogens is 200 g/mol. The molecular formula is C9H12N2O2S. The van der Waals surface area contributed by atoms with E-state index in [9.17, 15) is 4.79 Å². The summed E-state index contributed by atoms with van der Waals surface area (Å²) in [6.45, 7) is 2.62. The first kappa shape index (κ1) is 9.48. The number of nitrogens with two attached hydrogens (primary N) is 1. The van der Waals surface area contributed by atoms with Crippen LogP contribution in [0.3, 0.4) is 0 Å². The summed E-state index contributed by atoms with van der Waals surface area (Å²) in [5.41, 5.74) is 5.57. The third-order valence-electron chi connectivity index (χ3n) is 2.14. The van der Waals surface area contributed by atoms with Crippen molar-refractivity contribution in [2.75, 3.05) is 32.0 Å². The van der Waals surface area contributed by atoms with E-state index in [1.165, 1.54) is 11.3 Å². The summed E-state index contributed by atoms with van der Waals surface area (Å²) in [6.07, 6.45) is 0. The van der Waals surface area contributed by atoms with Gasteiger partial charge >= 0.3 is 0 Å². The van der Waals surface area contributed by atoms with Crippen molar-refractivity contribution in [2.24, 2.45) is 0 Å². The number of hydrogen-bond donors (Lipinski definition) is 1. The Balaban J connectivity index is 2.07. The molecule has 0 atom stereocenters. The predicted octanol–water partition coefficient (Wildman–Crippen LogP) is 0.803. The molecule has 0 spiro atoms. The molecule has 0 radical (unpaired) electrons.